The lowest BCUT2D eigenvalue weighted by Crippen LogP contribution is -2.37. The molecule has 0 saturated carbocycles. The molecule has 0 heterocycles. The normalized spacial score (nSPS) is 11.4. The summed E-state index contributed by atoms with van der Waals surface area (Å²) in [6.45, 7) is 3.57. The summed E-state index contributed by atoms with van der Waals surface area (Å²) in [5, 5.41) is 6.58. The molecule has 0 bridgehead atoms. The van der Waals surface area contributed by atoms with E-state index in [0.717, 1.165) is 32.1 Å². The molecule has 0 aliphatic rings. The SMILES string of the molecule is CN=C(NCCCOC)NCc1ccc(COCc2ccccc2)cc1. The van der Waals surface area contributed by atoms with Gasteiger partial charge in [-0.15, -0.1) is 0 Å². The number of nitrogens with zero attached hydrogens (tertiary/aromatic N) is 1. The monoisotopic (exact) mass is 355 g/mol. The molecule has 2 aromatic carbocycles. The number of rotatable bonds is 10. The number of benzene rings is 2. The smallest absolute Gasteiger partial charge is 0.191 e. The van der Waals surface area contributed by atoms with Crippen molar-refractivity contribution in [2.75, 3.05) is 27.3 Å². The lowest BCUT2D eigenvalue weighted by Gasteiger charge is -2.12. The molecule has 140 valence electrons. The number of ether oxygens (including phenoxy) is 2. The first-order valence-corrected chi connectivity index (χ1v) is 8.94. The van der Waals surface area contributed by atoms with Crippen LogP contribution in [0, 0.1) is 0 Å². The zero-order valence-corrected chi connectivity index (χ0v) is 15.7. The van der Waals surface area contributed by atoms with Gasteiger partial charge in [-0.05, 0) is 23.1 Å². The summed E-state index contributed by atoms with van der Waals surface area (Å²) in [7, 11) is 3.49. The molecular weight excluding hydrogens is 326 g/mol. The third-order valence-corrected chi connectivity index (χ3v) is 3.90. The molecule has 0 amide bonds. The number of guanidine groups is 1. The van der Waals surface area contributed by atoms with Crippen LogP contribution in [0.25, 0.3) is 0 Å². The van der Waals surface area contributed by atoms with E-state index in [1.54, 1.807) is 14.2 Å². The topological polar surface area (TPSA) is 54.9 Å². The van der Waals surface area contributed by atoms with Crippen molar-refractivity contribution in [1.82, 2.24) is 10.6 Å². The Morgan fingerprint density at radius 2 is 1.54 bits per heavy atom. The molecule has 0 atom stereocenters. The van der Waals surface area contributed by atoms with Crippen LogP contribution in [-0.4, -0.2) is 33.3 Å². The molecule has 0 fully saturated rings. The van der Waals surface area contributed by atoms with Crippen LogP contribution in [0.15, 0.2) is 59.6 Å². The minimum Gasteiger partial charge on any atom is -0.385 e. The Labute approximate surface area is 156 Å². The molecule has 5 nitrogen and oxygen atoms in total. The van der Waals surface area contributed by atoms with E-state index in [0.29, 0.717) is 13.2 Å². The van der Waals surface area contributed by atoms with Crippen molar-refractivity contribution in [2.45, 2.75) is 26.2 Å². The Kier molecular flexibility index (Phi) is 9.25. The second-order valence-corrected chi connectivity index (χ2v) is 5.99. The molecule has 0 spiro atoms. The number of nitrogens with one attached hydrogen (secondary N) is 2. The van der Waals surface area contributed by atoms with E-state index >= 15 is 0 Å². The van der Waals surface area contributed by atoms with E-state index < -0.39 is 0 Å². The van der Waals surface area contributed by atoms with Crippen LogP contribution in [-0.2, 0) is 29.2 Å². The van der Waals surface area contributed by atoms with Crippen molar-refractivity contribution < 1.29 is 9.47 Å². The Morgan fingerprint density at radius 3 is 2.19 bits per heavy atom. The summed E-state index contributed by atoms with van der Waals surface area (Å²) in [6, 6.07) is 18.7. The van der Waals surface area contributed by atoms with Crippen LogP contribution >= 0.6 is 0 Å². The fraction of sp³-hybridized carbons (Fsp3) is 0.381. The van der Waals surface area contributed by atoms with Gasteiger partial charge in [0, 0.05) is 33.9 Å². The highest BCUT2D eigenvalue weighted by atomic mass is 16.5. The van der Waals surface area contributed by atoms with Crippen molar-refractivity contribution >= 4 is 5.96 Å². The van der Waals surface area contributed by atoms with Crippen LogP contribution in [0.5, 0.6) is 0 Å². The highest BCUT2D eigenvalue weighted by Gasteiger charge is 2.00. The summed E-state index contributed by atoms with van der Waals surface area (Å²) >= 11 is 0. The van der Waals surface area contributed by atoms with Gasteiger partial charge in [-0.1, -0.05) is 54.6 Å². The second kappa shape index (κ2) is 12.1. The molecule has 2 rings (SSSR count). The van der Waals surface area contributed by atoms with Gasteiger partial charge in [-0.2, -0.15) is 0 Å². The van der Waals surface area contributed by atoms with Crippen LogP contribution in [0.4, 0.5) is 0 Å². The first kappa shape index (κ1) is 19.9. The van der Waals surface area contributed by atoms with E-state index in [-0.39, 0.29) is 0 Å². The summed E-state index contributed by atoms with van der Waals surface area (Å²) in [6.07, 6.45) is 0.953. The Hall–Kier alpha value is -2.37. The van der Waals surface area contributed by atoms with Crippen LogP contribution in [0.2, 0.25) is 0 Å². The van der Waals surface area contributed by atoms with Gasteiger partial charge < -0.3 is 20.1 Å². The zero-order valence-electron chi connectivity index (χ0n) is 15.7. The summed E-state index contributed by atoms with van der Waals surface area (Å²) in [5.41, 5.74) is 3.57. The fourth-order valence-electron chi connectivity index (χ4n) is 2.44. The van der Waals surface area contributed by atoms with Crippen LogP contribution < -0.4 is 10.6 Å². The Bertz CT molecular complexity index is 642. The van der Waals surface area contributed by atoms with Gasteiger partial charge in [0.25, 0.3) is 0 Å². The van der Waals surface area contributed by atoms with Gasteiger partial charge in [0.1, 0.15) is 0 Å². The molecule has 0 aliphatic carbocycles. The fourth-order valence-corrected chi connectivity index (χ4v) is 2.44. The van der Waals surface area contributed by atoms with Gasteiger partial charge in [-0.3, -0.25) is 4.99 Å². The Balaban J connectivity index is 1.69. The van der Waals surface area contributed by atoms with E-state index in [2.05, 4.69) is 52.0 Å². The summed E-state index contributed by atoms with van der Waals surface area (Å²) in [4.78, 5) is 4.22. The molecule has 0 radical (unpaired) electrons. The zero-order chi connectivity index (χ0) is 18.5. The highest BCUT2D eigenvalue weighted by Crippen LogP contribution is 2.08. The van der Waals surface area contributed by atoms with Gasteiger partial charge in [0.2, 0.25) is 0 Å². The third kappa shape index (κ3) is 7.68. The maximum atomic E-state index is 5.77. The molecule has 0 aromatic heterocycles. The van der Waals surface area contributed by atoms with Crippen molar-refractivity contribution in [3.8, 4) is 0 Å². The van der Waals surface area contributed by atoms with E-state index in [1.807, 2.05) is 18.2 Å². The number of hydrogen-bond donors (Lipinski definition) is 2. The molecular formula is C21H29N3O2. The van der Waals surface area contributed by atoms with Gasteiger partial charge >= 0.3 is 0 Å². The van der Waals surface area contributed by atoms with Gasteiger partial charge in [0.05, 0.1) is 13.2 Å². The highest BCUT2D eigenvalue weighted by molar-refractivity contribution is 5.79. The Morgan fingerprint density at radius 1 is 0.885 bits per heavy atom. The minimum absolute atomic E-state index is 0.616. The molecule has 0 saturated heterocycles. The minimum atomic E-state index is 0.616. The van der Waals surface area contributed by atoms with Crippen LogP contribution in [0.3, 0.4) is 0 Å². The predicted molar refractivity (Wildman–Crippen MR) is 106 cm³/mol. The van der Waals surface area contributed by atoms with Crippen molar-refractivity contribution in [3.63, 3.8) is 0 Å². The summed E-state index contributed by atoms with van der Waals surface area (Å²) < 4.78 is 10.8. The van der Waals surface area contributed by atoms with Crippen molar-refractivity contribution in [1.29, 1.82) is 0 Å². The number of methoxy groups -OCH3 is 1. The molecule has 0 aliphatic heterocycles. The lowest BCUT2D eigenvalue weighted by molar-refractivity contribution is 0.107. The van der Waals surface area contributed by atoms with Gasteiger partial charge in [-0.25, -0.2) is 0 Å². The average molecular weight is 355 g/mol. The van der Waals surface area contributed by atoms with Gasteiger partial charge in [0.15, 0.2) is 5.96 Å². The first-order valence-electron chi connectivity index (χ1n) is 8.94. The van der Waals surface area contributed by atoms with E-state index in [4.69, 9.17) is 9.47 Å². The number of hydrogen-bond acceptors (Lipinski definition) is 3. The summed E-state index contributed by atoms with van der Waals surface area (Å²) in [5.74, 6) is 0.802. The third-order valence-electron chi connectivity index (χ3n) is 3.90. The maximum Gasteiger partial charge on any atom is 0.191 e. The second-order valence-electron chi connectivity index (χ2n) is 5.99. The predicted octanol–water partition coefficient (Wildman–Crippen LogP) is 3.10. The standard InChI is InChI=1S/C21H29N3O2/c1-22-21(23-13-6-14-25-2)24-15-18-9-11-20(12-10-18)17-26-16-19-7-4-3-5-8-19/h3-5,7-12H,6,13-17H2,1-2H3,(H2,22,23,24). The molecule has 26 heavy (non-hydrogen) atoms. The quantitative estimate of drug-likeness (QED) is 0.391. The molecule has 0 unspecified atom stereocenters. The van der Waals surface area contributed by atoms with Crippen molar-refractivity contribution in [3.05, 3.63) is 71.3 Å². The van der Waals surface area contributed by atoms with E-state index in [1.165, 1.54) is 16.7 Å². The average Bonchev–Trinajstić information content (AvgIpc) is 2.69. The van der Waals surface area contributed by atoms with E-state index in [9.17, 15) is 0 Å². The first-order chi connectivity index (χ1) is 12.8. The van der Waals surface area contributed by atoms with Crippen molar-refractivity contribution in [2.24, 2.45) is 4.99 Å². The molecule has 2 aromatic rings. The maximum absolute atomic E-state index is 5.77. The number of aliphatic imine (C=N–C) groups is 1. The lowest BCUT2D eigenvalue weighted by atomic mass is 10.1. The largest absolute Gasteiger partial charge is 0.385 e. The molecule has 5 heteroatoms. The molecule has 2 N–H and O–H groups in total. The van der Waals surface area contributed by atoms with Crippen LogP contribution in [0.1, 0.15) is 23.1 Å².